The van der Waals surface area contributed by atoms with Gasteiger partial charge in [0.05, 0.1) is 33.4 Å². The number of rotatable bonds is 5. The lowest BCUT2D eigenvalue weighted by Crippen LogP contribution is -2.17. The monoisotopic (exact) mass is 790 g/mol. The maximum Gasteiger partial charge on any atom is 0.149 e. The van der Waals surface area contributed by atoms with Crippen LogP contribution in [-0.4, -0.2) is 19.6 Å². The van der Waals surface area contributed by atoms with Crippen molar-refractivity contribution in [1.29, 1.82) is 0 Å². The van der Waals surface area contributed by atoms with Gasteiger partial charge in [-0.05, 0) is 106 Å². The SMILES string of the molecule is [2H]C([2H])([2H])c1ccc(-c2ccnc(-c3cc(-c4cccc5c4nc(-c4cc(C(C)(C)C)cc(C(C)(C)C)c4O)n5-c4cccc5oc6ccccc6c45)cc(C(C)(C)C)c3)c2)cc1. The van der Waals surface area contributed by atoms with Crippen molar-refractivity contribution in [2.24, 2.45) is 0 Å². The molecule has 300 valence electrons. The summed E-state index contributed by atoms with van der Waals surface area (Å²) in [6.45, 7) is 17.5. The largest absolute Gasteiger partial charge is 0.507 e. The van der Waals surface area contributed by atoms with E-state index in [0.717, 1.165) is 88.9 Å². The number of phenolic OH excluding ortho intramolecular Hbond substituents is 1. The predicted molar refractivity (Wildman–Crippen MR) is 250 cm³/mol. The third-order valence-electron chi connectivity index (χ3n) is 11.7. The van der Waals surface area contributed by atoms with Crippen LogP contribution in [0.3, 0.4) is 0 Å². The van der Waals surface area contributed by atoms with E-state index in [0.29, 0.717) is 17.0 Å². The zero-order chi connectivity index (χ0) is 44.8. The zero-order valence-corrected chi connectivity index (χ0v) is 35.9. The van der Waals surface area contributed by atoms with Crippen LogP contribution in [0.2, 0.25) is 0 Å². The van der Waals surface area contributed by atoms with Crippen LogP contribution in [0.4, 0.5) is 0 Å². The summed E-state index contributed by atoms with van der Waals surface area (Å²) in [7, 11) is 0. The van der Waals surface area contributed by atoms with Crippen molar-refractivity contribution in [3.63, 3.8) is 0 Å². The second kappa shape index (κ2) is 14.1. The van der Waals surface area contributed by atoms with E-state index in [1.807, 2.05) is 54.7 Å². The number of aromatic nitrogens is 3. The van der Waals surface area contributed by atoms with Crippen molar-refractivity contribution in [3.05, 3.63) is 156 Å². The predicted octanol–water partition coefficient (Wildman–Crippen LogP) is 14.9. The van der Waals surface area contributed by atoms with Crippen LogP contribution in [0.1, 0.15) is 88.7 Å². The third-order valence-corrected chi connectivity index (χ3v) is 11.7. The number of benzene rings is 6. The normalized spacial score (nSPS) is 13.5. The van der Waals surface area contributed by atoms with Crippen LogP contribution >= 0.6 is 0 Å². The van der Waals surface area contributed by atoms with Gasteiger partial charge in [0, 0.05) is 32.4 Å². The van der Waals surface area contributed by atoms with E-state index in [1.54, 1.807) is 12.1 Å². The van der Waals surface area contributed by atoms with Gasteiger partial charge < -0.3 is 9.52 Å². The van der Waals surface area contributed by atoms with Crippen LogP contribution in [0, 0.1) is 6.85 Å². The molecule has 9 rings (SSSR count). The first kappa shape index (κ1) is 35.5. The highest BCUT2D eigenvalue weighted by Gasteiger charge is 2.30. The Balaban J connectivity index is 1.32. The summed E-state index contributed by atoms with van der Waals surface area (Å²) >= 11 is 0. The van der Waals surface area contributed by atoms with Crippen molar-refractivity contribution in [3.8, 4) is 56.3 Å². The first-order chi connectivity index (χ1) is 29.7. The van der Waals surface area contributed by atoms with Crippen molar-refractivity contribution in [2.75, 3.05) is 0 Å². The molecule has 0 aliphatic rings. The van der Waals surface area contributed by atoms with Gasteiger partial charge in [0.25, 0.3) is 0 Å². The second-order valence-corrected chi connectivity index (χ2v) is 19.2. The lowest BCUT2D eigenvalue weighted by Gasteiger charge is -2.27. The number of nitrogens with zero attached hydrogens (tertiary/aromatic N) is 3. The molecule has 0 unspecified atom stereocenters. The van der Waals surface area contributed by atoms with Gasteiger partial charge in [0.1, 0.15) is 22.7 Å². The number of aromatic hydroxyl groups is 1. The standard InChI is InChI=1S/C55H53N3O2/c1-33-21-23-34(24-22-33)35-25-26-56-44(30-35)37-27-36(28-38(29-37)53(2,3)4)40-16-13-18-46-50(40)57-52(42-31-39(54(5,6)7)32-43(51(42)59)55(8,9)10)58(46)45-17-14-20-48-49(45)41-15-11-12-19-47(41)60-48/h11-32,59H,1-10H3/i1D3. The van der Waals surface area contributed by atoms with E-state index in [4.69, 9.17) is 18.5 Å². The maximum absolute atomic E-state index is 12.4. The lowest BCUT2D eigenvalue weighted by atomic mass is 9.79. The van der Waals surface area contributed by atoms with Crippen molar-refractivity contribution in [1.82, 2.24) is 14.5 Å². The number of pyridine rings is 1. The molecule has 0 fully saturated rings. The molecule has 5 nitrogen and oxygen atoms in total. The average molecular weight is 791 g/mol. The zero-order valence-electron chi connectivity index (χ0n) is 38.9. The number of hydrogen-bond acceptors (Lipinski definition) is 4. The second-order valence-electron chi connectivity index (χ2n) is 19.2. The molecule has 60 heavy (non-hydrogen) atoms. The number of phenols is 1. The van der Waals surface area contributed by atoms with Gasteiger partial charge >= 0.3 is 0 Å². The van der Waals surface area contributed by atoms with Gasteiger partial charge in [-0.15, -0.1) is 0 Å². The Kier molecular flexibility index (Phi) is 8.33. The molecule has 9 aromatic rings. The molecule has 0 atom stereocenters. The summed E-state index contributed by atoms with van der Waals surface area (Å²) in [4.78, 5) is 10.5. The molecule has 0 aliphatic heterocycles. The molecule has 3 heterocycles. The third kappa shape index (κ3) is 6.86. The highest BCUT2D eigenvalue weighted by Crippen LogP contribution is 2.46. The van der Waals surface area contributed by atoms with E-state index >= 15 is 0 Å². The molecule has 1 N–H and O–H groups in total. The van der Waals surface area contributed by atoms with E-state index in [2.05, 4.69) is 134 Å². The highest BCUT2D eigenvalue weighted by molar-refractivity contribution is 6.10. The first-order valence-electron chi connectivity index (χ1n) is 22.2. The molecule has 0 aliphatic carbocycles. The topological polar surface area (TPSA) is 64.1 Å². The Morgan fingerprint density at radius 1 is 0.600 bits per heavy atom. The van der Waals surface area contributed by atoms with Crippen molar-refractivity contribution < 1.29 is 13.6 Å². The molecular formula is C55H53N3O2. The van der Waals surface area contributed by atoms with Gasteiger partial charge in [-0.25, -0.2) is 4.98 Å². The Labute approximate surface area is 357 Å². The van der Waals surface area contributed by atoms with Gasteiger partial charge in [0.2, 0.25) is 0 Å². The first-order valence-corrected chi connectivity index (χ1v) is 20.7. The molecule has 0 saturated carbocycles. The van der Waals surface area contributed by atoms with Crippen LogP contribution < -0.4 is 0 Å². The minimum Gasteiger partial charge on any atom is -0.507 e. The van der Waals surface area contributed by atoms with Gasteiger partial charge in [-0.3, -0.25) is 9.55 Å². The van der Waals surface area contributed by atoms with E-state index in [-0.39, 0.29) is 22.0 Å². The molecule has 3 aromatic heterocycles. The van der Waals surface area contributed by atoms with Crippen LogP contribution in [0.5, 0.6) is 5.75 Å². The van der Waals surface area contributed by atoms with Gasteiger partial charge in [-0.2, -0.15) is 0 Å². The Morgan fingerprint density at radius 2 is 1.30 bits per heavy atom. The Bertz CT molecular complexity index is 3220. The van der Waals surface area contributed by atoms with E-state index in [9.17, 15) is 5.11 Å². The summed E-state index contributed by atoms with van der Waals surface area (Å²) in [5.74, 6) is 0.851. The summed E-state index contributed by atoms with van der Waals surface area (Å²) in [6.07, 6.45) is 1.81. The van der Waals surface area contributed by atoms with Gasteiger partial charge in [-0.1, -0.05) is 141 Å². The summed E-state index contributed by atoms with van der Waals surface area (Å²) < 4.78 is 32.1. The van der Waals surface area contributed by atoms with Crippen LogP contribution in [0.25, 0.3) is 83.6 Å². The van der Waals surface area contributed by atoms with Gasteiger partial charge in [0.15, 0.2) is 0 Å². The quantitative estimate of drug-likeness (QED) is 0.189. The fourth-order valence-corrected chi connectivity index (χ4v) is 8.30. The van der Waals surface area contributed by atoms with Crippen molar-refractivity contribution >= 4 is 33.0 Å². The number of fused-ring (bicyclic) bond motifs is 4. The van der Waals surface area contributed by atoms with E-state index in [1.165, 1.54) is 0 Å². The average Bonchev–Trinajstić information content (AvgIpc) is 3.81. The maximum atomic E-state index is 12.4. The van der Waals surface area contributed by atoms with Crippen LogP contribution in [0.15, 0.2) is 138 Å². The number of aryl methyl sites for hydroxylation is 1. The smallest absolute Gasteiger partial charge is 0.149 e. The number of hydrogen-bond donors (Lipinski definition) is 1. The number of imidazole rings is 1. The molecule has 0 spiro atoms. The van der Waals surface area contributed by atoms with E-state index < -0.39 is 6.85 Å². The molecule has 0 amide bonds. The van der Waals surface area contributed by atoms with Crippen molar-refractivity contribution in [2.45, 2.75) is 85.4 Å². The summed E-state index contributed by atoms with van der Waals surface area (Å²) in [6, 6.07) is 42.6. The minimum absolute atomic E-state index is 0.202. The number of para-hydroxylation sites is 2. The Hall–Kier alpha value is -6.46. The van der Waals surface area contributed by atoms with Crippen LogP contribution in [-0.2, 0) is 16.2 Å². The summed E-state index contributed by atoms with van der Waals surface area (Å²) in [5, 5.41) is 14.4. The fourth-order valence-electron chi connectivity index (χ4n) is 8.30. The molecule has 0 saturated heterocycles. The Morgan fingerprint density at radius 3 is 2.03 bits per heavy atom. The fraction of sp³-hybridized carbons (Fsp3) is 0.236. The lowest BCUT2D eigenvalue weighted by molar-refractivity contribution is 0.446. The summed E-state index contributed by atoms with van der Waals surface area (Å²) in [5.41, 5.74) is 13.0. The highest BCUT2D eigenvalue weighted by atomic mass is 16.3. The molecule has 0 radical (unpaired) electrons. The number of furan rings is 1. The molecular weight excluding hydrogens is 735 g/mol. The minimum atomic E-state index is -2.17. The molecule has 0 bridgehead atoms. The molecule has 5 heteroatoms. The molecule has 6 aromatic carbocycles.